The number of aryl methyl sites for hydroxylation is 2. The summed E-state index contributed by atoms with van der Waals surface area (Å²) in [6.07, 6.45) is 1.49. The van der Waals surface area contributed by atoms with Gasteiger partial charge in [0.05, 0.1) is 10.2 Å². The van der Waals surface area contributed by atoms with Crippen LogP contribution in [0.2, 0.25) is 0 Å². The van der Waals surface area contributed by atoms with Gasteiger partial charge < -0.3 is 5.32 Å². The molecule has 1 amide bonds. The highest BCUT2D eigenvalue weighted by Crippen LogP contribution is 2.31. The van der Waals surface area contributed by atoms with Gasteiger partial charge in [0.2, 0.25) is 5.91 Å². The molecule has 0 atom stereocenters. The summed E-state index contributed by atoms with van der Waals surface area (Å²) in [6.45, 7) is 5.60. The van der Waals surface area contributed by atoms with E-state index in [4.69, 9.17) is 0 Å². The molecule has 4 nitrogen and oxygen atoms in total. The highest BCUT2D eigenvalue weighted by atomic mass is 32.2. The van der Waals surface area contributed by atoms with Crippen molar-refractivity contribution in [3.63, 3.8) is 0 Å². The lowest BCUT2D eigenvalue weighted by atomic mass is 9.97. The Morgan fingerprint density at radius 1 is 1.23 bits per heavy atom. The number of carbonyl (C=O) groups excluding carboxylic acids is 1. The van der Waals surface area contributed by atoms with Crippen molar-refractivity contribution in [1.82, 2.24) is 9.29 Å². The van der Waals surface area contributed by atoms with Crippen LogP contribution in [0.4, 0.5) is 13.9 Å². The van der Waals surface area contributed by atoms with Crippen LogP contribution in [0.5, 0.6) is 0 Å². The van der Waals surface area contributed by atoms with Gasteiger partial charge >= 0.3 is 0 Å². The third-order valence-corrected chi connectivity index (χ3v) is 7.39. The maximum atomic E-state index is 13.8. The van der Waals surface area contributed by atoms with Gasteiger partial charge in [-0.15, -0.1) is 0 Å². The molecule has 1 N–H and O–H groups in total. The van der Waals surface area contributed by atoms with Crippen LogP contribution >= 0.6 is 23.3 Å². The average Bonchev–Trinajstić information content (AvgIpc) is 3.10. The Kier molecular flexibility index (Phi) is 6.36. The number of nitrogens with zero attached hydrogens (tertiary/aromatic N) is 2. The molecule has 1 saturated heterocycles. The molecule has 2 heterocycles. The minimum absolute atomic E-state index is 0.0117. The van der Waals surface area contributed by atoms with Crippen LogP contribution in [0.1, 0.15) is 29.5 Å². The fraction of sp³-hybridized carbons (Fsp3) is 0.364. The molecule has 1 aliphatic rings. The zero-order chi connectivity index (χ0) is 21.3. The number of nitrogens with one attached hydrogen (secondary N) is 1. The molecule has 158 valence electrons. The van der Waals surface area contributed by atoms with Gasteiger partial charge in [0, 0.05) is 30.8 Å². The highest BCUT2D eigenvalue weighted by molar-refractivity contribution is 7.96. The van der Waals surface area contributed by atoms with Crippen molar-refractivity contribution in [3.8, 4) is 0 Å². The Morgan fingerprint density at radius 3 is 2.73 bits per heavy atom. The number of benzene rings is 2. The number of carbonyl (C=O) groups is 1. The van der Waals surface area contributed by atoms with Gasteiger partial charge in [0.25, 0.3) is 0 Å². The lowest BCUT2D eigenvalue weighted by Gasteiger charge is -2.30. The first-order valence-electron chi connectivity index (χ1n) is 9.89. The molecular weight excluding hydrogens is 424 g/mol. The zero-order valence-corrected chi connectivity index (χ0v) is 18.5. The molecule has 0 spiro atoms. The largest absolute Gasteiger partial charge is 0.302 e. The van der Waals surface area contributed by atoms with Gasteiger partial charge in [-0.3, -0.25) is 9.10 Å². The standard InChI is InChI=1S/C22H23F2N3OS2/c1-13-9-14(2)20-19(10-13)30-22(25-20)26-21(28)15-5-7-27(8-6-15)29-12-16-3-4-17(23)11-18(16)24/h3-4,9-11,15H,5-8,12H2,1-2H3,(H,25,26,28). The Balaban J connectivity index is 1.29. The second-order valence-corrected chi connectivity index (χ2v) is 9.74. The van der Waals surface area contributed by atoms with E-state index < -0.39 is 11.6 Å². The molecule has 2 aromatic carbocycles. The molecule has 1 fully saturated rings. The van der Waals surface area contributed by atoms with Crippen LogP contribution in [0, 0.1) is 31.4 Å². The van der Waals surface area contributed by atoms with Crippen LogP contribution in [0.3, 0.4) is 0 Å². The van der Waals surface area contributed by atoms with Crippen molar-refractivity contribution in [3.05, 3.63) is 58.7 Å². The zero-order valence-electron chi connectivity index (χ0n) is 16.9. The number of aromatic nitrogens is 1. The Morgan fingerprint density at radius 2 is 2.00 bits per heavy atom. The van der Waals surface area contributed by atoms with E-state index in [2.05, 4.69) is 33.7 Å². The molecule has 1 aliphatic heterocycles. The van der Waals surface area contributed by atoms with Crippen LogP contribution in [-0.4, -0.2) is 28.3 Å². The highest BCUT2D eigenvalue weighted by Gasteiger charge is 2.26. The van der Waals surface area contributed by atoms with Crippen molar-refractivity contribution in [2.75, 3.05) is 18.4 Å². The van der Waals surface area contributed by atoms with E-state index in [1.54, 1.807) is 0 Å². The fourth-order valence-corrected chi connectivity index (χ4v) is 5.75. The summed E-state index contributed by atoms with van der Waals surface area (Å²) in [5, 5.41) is 3.64. The monoisotopic (exact) mass is 447 g/mol. The van der Waals surface area contributed by atoms with E-state index >= 15 is 0 Å². The fourth-order valence-electron chi connectivity index (χ4n) is 3.68. The summed E-state index contributed by atoms with van der Waals surface area (Å²) in [5.74, 6) is -0.672. The predicted octanol–water partition coefficient (Wildman–Crippen LogP) is 5.69. The summed E-state index contributed by atoms with van der Waals surface area (Å²) >= 11 is 3.03. The van der Waals surface area contributed by atoms with Crippen molar-refractivity contribution in [2.45, 2.75) is 32.4 Å². The minimum atomic E-state index is -0.563. The molecule has 1 aromatic heterocycles. The minimum Gasteiger partial charge on any atom is -0.302 e. The second kappa shape index (κ2) is 8.99. The molecule has 4 rings (SSSR count). The number of anilines is 1. The van der Waals surface area contributed by atoms with Crippen molar-refractivity contribution < 1.29 is 13.6 Å². The predicted molar refractivity (Wildman–Crippen MR) is 120 cm³/mol. The number of piperidine rings is 1. The topological polar surface area (TPSA) is 45.2 Å². The van der Waals surface area contributed by atoms with E-state index in [0.717, 1.165) is 47.8 Å². The SMILES string of the molecule is Cc1cc(C)c2nc(NC(=O)C3CCN(SCc4ccc(F)cc4F)CC3)sc2c1. The second-order valence-electron chi connectivity index (χ2n) is 7.65. The molecule has 0 bridgehead atoms. The molecule has 0 unspecified atom stereocenters. The molecule has 3 aromatic rings. The first kappa shape index (κ1) is 21.2. The van der Waals surface area contributed by atoms with Gasteiger partial charge in [0.1, 0.15) is 11.6 Å². The summed E-state index contributed by atoms with van der Waals surface area (Å²) in [5.41, 5.74) is 3.74. The van der Waals surface area contributed by atoms with E-state index in [1.807, 2.05) is 6.92 Å². The summed E-state index contributed by atoms with van der Waals surface area (Å²) in [7, 11) is 0. The van der Waals surface area contributed by atoms with Crippen LogP contribution in [0.15, 0.2) is 30.3 Å². The Bertz CT molecular complexity index is 1080. The number of fused-ring (bicyclic) bond motifs is 1. The summed E-state index contributed by atoms with van der Waals surface area (Å²) < 4.78 is 30.0. The number of amides is 1. The Labute approximate surface area is 182 Å². The molecular formula is C22H23F2N3OS2. The van der Waals surface area contributed by atoms with Crippen LogP contribution in [0.25, 0.3) is 10.2 Å². The van der Waals surface area contributed by atoms with E-state index in [9.17, 15) is 13.6 Å². The third-order valence-electron chi connectivity index (χ3n) is 5.30. The number of rotatable bonds is 5. The summed E-state index contributed by atoms with van der Waals surface area (Å²) in [4.78, 5) is 17.3. The number of hydrogen-bond acceptors (Lipinski definition) is 5. The van der Waals surface area contributed by atoms with Crippen molar-refractivity contribution >= 4 is 44.5 Å². The van der Waals surface area contributed by atoms with Gasteiger partial charge in [-0.05, 0) is 55.5 Å². The maximum absolute atomic E-state index is 13.8. The smallest absolute Gasteiger partial charge is 0.229 e. The first-order valence-corrected chi connectivity index (χ1v) is 11.7. The number of halogens is 2. The summed E-state index contributed by atoms with van der Waals surface area (Å²) in [6, 6.07) is 7.87. The van der Waals surface area contributed by atoms with E-state index in [0.29, 0.717) is 16.4 Å². The third kappa shape index (κ3) is 4.82. The molecule has 0 saturated carbocycles. The van der Waals surface area contributed by atoms with Crippen molar-refractivity contribution in [1.29, 1.82) is 0 Å². The lowest BCUT2D eigenvalue weighted by Crippen LogP contribution is -2.34. The quantitative estimate of drug-likeness (QED) is 0.511. The van der Waals surface area contributed by atoms with Crippen LogP contribution in [-0.2, 0) is 10.5 Å². The number of thiazole rings is 1. The van der Waals surface area contributed by atoms with E-state index in [-0.39, 0.29) is 11.8 Å². The van der Waals surface area contributed by atoms with E-state index in [1.165, 1.54) is 41.0 Å². The molecule has 8 heteroatoms. The average molecular weight is 448 g/mol. The van der Waals surface area contributed by atoms with Gasteiger partial charge in [0.15, 0.2) is 5.13 Å². The van der Waals surface area contributed by atoms with Gasteiger partial charge in [-0.25, -0.2) is 13.8 Å². The lowest BCUT2D eigenvalue weighted by molar-refractivity contribution is -0.120. The van der Waals surface area contributed by atoms with Gasteiger partial charge in [-0.1, -0.05) is 35.4 Å². The van der Waals surface area contributed by atoms with Crippen molar-refractivity contribution in [2.24, 2.45) is 5.92 Å². The van der Waals surface area contributed by atoms with Crippen LogP contribution < -0.4 is 5.32 Å². The Hall–Kier alpha value is -2.03. The first-order chi connectivity index (χ1) is 14.4. The molecule has 0 aliphatic carbocycles. The normalized spacial score (nSPS) is 15.6. The molecule has 0 radical (unpaired) electrons. The number of hydrogen-bond donors (Lipinski definition) is 1. The molecule has 30 heavy (non-hydrogen) atoms. The maximum Gasteiger partial charge on any atom is 0.229 e. The van der Waals surface area contributed by atoms with Gasteiger partial charge in [-0.2, -0.15) is 0 Å².